The third-order valence-electron chi connectivity index (χ3n) is 5.98. The average Bonchev–Trinajstić information content (AvgIpc) is 3.15. The number of hydrogen-bond donors (Lipinski definition) is 1. The van der Waals surface area contributed by atoms with Gasteiger partial charge in [-0.15, -0.1) is 0 Å². The van der Waals surface area contributed by atoms with Crippen LogP contribution in [0.25, 0.3) is 11.0 Å². The van der Waals surface area contributed by atoms with Crippen LogP contribution < -0.4 is 5.32 Å². The van der Waals surface area contributed by atoms with Crippen LogP contribution in [0.1, 0.15) is 67.4 Å². The molecule has 2 aromatic carbocycles. The topological polar surface area (TPSA) is 46.9 Å². The maximum Gasteiger partial charge on any atom is 0.251 e. The maximum absolute atomic E-state index is 12.8. The molecule has 3 aromatic rings. The zero-order valence-corrected chi connectivity index (χ0v) is 16.6. The van der Waals surface area contributed by atoms with E-state index in [9.17, 15) is 4.79 Å². The Balaban J connectivity index is 1.49. The predicted molar refractivity (Wildman–Crippen MR) is 113 cm³/mol. The molecule has 1 saturated carbocycles. The van der Waals surface area contributed by atoms with Crippen molar-refractivity contribution in [2.45, 2.75) is 58.0 Å². The highest BCUT2D eigenvalue weighted by Crippen LogP contribution is 2.26. The standard InChI is InChI=1S/C24H29N3O/c1-2-21(19-11-7-4-8-12-19)26-24(28)20-13-14-23-22(15-20)25-17-27(23)16-18-9-5-3-6-10-18/h4,7-8,11-15,17-18,21H,2-3,5-6,9-10,16H2,1H3,(H,26,28). The van der Waals surface area contributed by atoms with Gasteiger partial charge < -0.3 is 9.88 Å². The molecule has 1 unspecified atom stereocenters. The van der Waals surface area contributed by atoms with Crippen molar-refractivity contribution < 1.29 is 4.79 Å². The van der Waals surface area contributed by atoms with E-state index in [-0.39, 0.29) is 11.9 Å². The van der Waals surface area contributed by atoms with Crippen LogP contribution >= 0.6 is 0 Å². The Kier molecular flexibility index (Phi) is 5.75. The summed E-state index contributed by atoms with van der Waals surface area (Å²) >= 11 is 0. The summed E-state index contributed by atoms with van der Waals surface area (Å²) in [5, 5.41) is 3.16. The highest BCUT2D eigenvalue weighted by molar-refractivity contribution is 5.97. The van der Waals surface area contributed by atoms with Gasteiger partial charge in [-0.05, 0) is 48.9 Å². The summed E-state index contributed by atoms with van der Waals surface area (Å²) in [6.07, 6.45) is 9.49. The van der Waals surface area contributed by atoms with E-state index in [1.165, 1.54) is 32.1 Å². The monoisotopic (exact) mass is 375 g/mol. The van der Waals surface area contributed by atoms with Crippen LogP contribution in [-0.4, -0.2) is 15.5 Å². The molecule has 0 radical (unpaired) electrons. The summed E-state index contributed by atoms with van der Waals surface area (Å²) < 4.78 is 2.26. The van der Waals surface area contributed by atoms with E-state index < -0.39 is 0 Å². The first-order valence-electron chi connectivity index (χ1n) is 10.6. The quantitative estimate of drug-likeness (QED) is 0.618. The van der Waals surface area contributed by atoms with Gasteiger partial charge in [0.2, 0.25) is 0 Å². The molecule has 4 rings (SSSR count). The van der Waals surface area contributed by atoms with Gasteiger partial charge in [0.05, 0.1) is 23.4 Å². The van der Waals surface area contributed by atoms with Gasteiger partial charge in [-0.1, -0.05) is 56.5 Å². The highest BCUT2D eigenvalue weighted by atomic mass is 16.1. The number of fused-ring (bicyclic) bond motifs is 1. The van der Waals surface area contributed by atoms with Crippen LogP contribution in [-0.2, 0) is 6.54 Å². The van der Waals surface area contributed by atoms with E-state index >= 15 is 0 Å². The van der Waals surface area contributed by atoms with Crippen molar-refractivity contribution in [3.05, 3.63) is 66.0 Å². The minimum absolute atomic E-state index is 0.0215. The number of carbonyl (C=O) groups excluding carboxylic acids is 1. The summed E-state index contributed by atoms with van der Waals surface area (Å²) in [7, 11) is 0. The number of benzene rings is 2. The van der Waals surface area contributed by atoms with Gasteiger partial charge in [0.15, 0.2) is 0 Å². The van der Waals surface area contributed by atoms with Gasteiger partial charge in [0.25, 0.3) is 5.91 Å². The van der Waals surface area contributed by atoms with Crippen LogP contribution in [0.15, 0.2) is 54.9 Å². The number of rotatable bonds is 6. The lowest BCUT2D eigenvalue weighted by Crippen LogP contribution is -2.28. The van der Waals surface area contributed by atoms with E-state index in [4.69, 9.17) is 0 Å². The zero-order chi connectivity index (χ0) is 19.3. The number of nitrogens with one attached hydrogen (secondary N) is 1. The van der Waals surface area contributed by atoms with E-state index in [1.807, 2.05) is 42.7 Å². The van der Waals surface area contributed by atoms with Crippen molar-refractivity contribution in [3.8, 4) is 0 Å². The summed E-state index contributed by atoms with van der Waals surface area (Å²) in [4.78, 5) is 17.4. The first-order valence-corrected chi connectivity index (χ1v) is 10.6. The van der Waals surface area contributed by atoms with Crippen molar-refractivity contribution in [1.82, 2.24) is 14.9 Å². The summed E-state index contributed by atoms with van der Waals surface area (Å²) in [5.74, 6) is 0.713. The van der Waals surface area contributed by atoms with Crippen LogP contribution in [0, 0.1) is 5.92 Å². The number of carbonyl (C=O) groups is 1. The summed E-state index contributed by atoms with van der Waals surface area (Å²) in [6.45, 7) is 3.13. The molecule has 1 aliphatic carbocycles. The molecule has 1 atom stereocenters. The van der Waals surface area contributed by atoms with Crippen LogP contribution in [0.4, 0.5) is 0 Å². The van der Waals surface area contributed by atoms with Crippen molar-refractivity contribution in [2.75, 3.05) is 0 Å². The Labute approximate surface area is 167 Å². The van der Waals surface area contributed by atoms with Crippen molar-refractivity contribution >= 4 is 16.9 Å². The number of imidazole rings is 1. The largest absolute Gasteiger partial charge is 0.345 e. The van der Waals surface area contributed by atoms with Crippen LogP contribution in [0.5, 0.6) is 0 Å². The summed E-state index contributed by atoms with van der Waals surface area (Å²) in [6, 6.07) is 16.0. The fraction of sp³-hybridized carbons (Fsp3) is 0.417. The molecule has 0 aliphatic heterocycles. The molecule has 0 saturated heterocycles. The lowest BCUT2D eigenvalue weighted by atomic mass is 9.89. The fourth-order valence-electron chi connectivity index (χ4n) is 4.35. The van der Waals surface area contributed by atoms with Gasteiger partial charge in [-0.3, -0.25) is 4.79 Å². The molecule has 1 N–H and O–H groups in total. The van der Waals surface area contributed by atoms with Gasteiger partial charge in [-0.2, -0.15) is 0 Å². The van der Waals surface area contributed by atoms with Gasteiger partial charge in [0, 0.05) is 12.1 Å². The number of hydrogen-bond acceptors (Lipinski definition) is 2. The molecule has 0 bridgehead atoms. The van der Waals surface area contributed by atoms with E-state index in [0.29, 0.717) is 5.56 Å². The van der Waals surface area contributed by atoms with Crippen LogP contribution in [0.3, 0.4) is 0 Å². The first kappa shape index (κ1) is 18.7. The molecule has 0 spiro atoms. The van der Waals surface area contributed by atoms with Gasteiger partial charge >= 0.3 is 0 Å². The van der Waals surface area contributed by atoms with Crippen LogP contribution in [0.2, 0.25) is 0 Å². The third-order valence-corrected chi connectivity index (χ3v) is 5.98. The number of nitrogens with zero attached hydrogens (tertiary/aromatic N) is 2. The molecule has 146 valence electrons. The SMILES string of the molecule is CCC(NC(=O)c1ccc2c(c1)ncn2CC1CCCCC1)c1ccccc1. The van der Waals surface area contributed by atoms with Crippen molar-refractivity contribution in [2.24, 2.45) is 5.92 Å². The molecule has 4 heteroatoms. The highest BCUT2D eigenvalue weighted by Gasteiger charge is 2.17. The first-order chi connectivity index (χ1) is 13.7. The Morgan fingerprint density at radius 2 is 1.93 bits per heavy atom. The second-order valence-corrected chi connectivity index (χ2v) is 7.95. The Morgan fingerprint density at radius 1 is 1.14 bits per heavy atom. The number of amides is 1. The van der Waals surface area contributed by atoms with Gasteiger partial charge in [-0.25, -0.2) is 4.98 Å². The van der Waals surface area contributed by atoms with E-state index in [1.54, 1.807) is 0 Å². The molecule has 1 heterocycles. The molecule has 1 aliphatic rings. The molecule has 4 nitrogen and oxygen atoms in total. The second kappa shape index (κ2) is 8.59. The summed E-state index contributed by atoms with van der Waals surface area (Å²) in [5.41, 5.74) is 3.83. The van der Waals surface area contributed by atoms with E-state index in [0.717, 1.165) is 35.5 Å². The Bertz CT molecular complexity index is 925. The smallest absolute Gasteiger partial charge is 0.251 e. The predicted octanol–water partition coefficient (Wildman–Crippen LogP) is 5.50. The minimum atomic E-state index is -0.0422. The molecule has 28 heavy (non-hydrogen) atoms. The number of aromatic nitrogens is 2. The normalized spacial score (nSPS) is 16.2. The van der Waals surface area contributed by atoms with Crippen molar-refractivity contribution in [3.63, 3.8) is 0 Å². The Hall–Kier alpha value is -2.62. The maximum atomic E-state index is 12.8. The molecule has 1 aromatic heterocycles. The fourth-order valence-corrected chi connectivity index (χ4v) is 4.35. The lowest BCUT2D eigenvalue weighted by molar-refractivity contribution is 0.0935. The Morgan fingerprint density at radius 3 is 2.68 bits per heavy atom. The third kappa shape index (κ3) is 4.11. The lowest BCUT2D eigenvalue weighted by Gasteiger charge is -2.22. The molecule has 1 amide bonds. The molecular formula is C24H29N3O. The van der Waals surface area contributed by atoms with E-state index in [2.05, 4.69) is 33.9 Å². The minimum Gasteiger partial charge on any atom is -0.345 e. The van der Waals surface area contributed by atoms with Gasteiger partial charge in [0.1, 0.15) is 0 Å². The second-order valence-electron chi connectivity index (χ2n) is 7.95. The molecular weight excluding hydrogens is 346 g/mol. The average molecular weight is 376 g/mol. The zero-order valence-electron chi connectivity index (χ0n) is 16.6. The molecule has 1 fully saturated rings. The van der Waals surface area contributed by atoms with Crippen molar-refractivity contribution in [1.29, 1.82) is 0 Å².